The van der Waals surface area contributed by atoms with E-state index in [1.807, 2.05) is 37.5 Å². The molecule has 0 bridgehead atoms. The van der Waals surface area contributed by atoms with Gasteiger partial charge in [0.05, 0.1) is 17.6 Å². The van der Waals surface area contributed by atoms with Crippen molar-refractivity contribution in [3.05, 3.63) is 58.6 Å². The standard InChI is InChI=1S/C18H21N5O2/c1-22-11-12(9-21-22)7-13(18(19)25)10-20-15-8-17(24)23(2)16-6-4-3-5-14(15)16/h3-6,8-9,11,13,20H,7,10H2,1-2H3,(H2,19,25). The fraction of sp³-hybridized carbons (Fsp3) is 0.278. The van der Waals surface area contributed by atoms with Crippen LogP contribution in [0, 0.1) is 5.92 Å². The number of aromatic nitrogens is 3. The van der Waals surface area contributed by atoms with E-state index in [1.54, 1.807) is 28.6 Å². The number of pyridine rings is 1. The molecule has 1 atom stereocenters. The maximum Gasteiger partial charge on any atom is 0.252 e. The van der Waals surface area contributed by atoms with Gasteiger partial charge < -0.3 is 15.6 Å². The number of nitrogens with zero attached hydrogens (tertiary/aromatic N) is 3. The second kappa shape index (κ2) is 6.80. The smallest absolute Gasteiger partial charge is 0.252 e. The fourth-order valence-corrected chi connectivity index (χ4v) is 2.93. The van der Waals surface area contributed by atoms with Gasteiger partial charge in [-0.1, -0.05) is 18.2 Å². The first kappa shape index (κ1) is 16.8. The van der Waals surface area contributed by atoms with Crippen LogP contribution in [0.1, 0.15) is 5.56 Å². The largest absolute Gasteiger partial charge is 0.384 e. The maximum absolute atomic E-state index is 12.1. The molecule has 0 saturated heterocycles. The summed E-state index contributed by atoms with van der Waals surface area (Å²) in [5, 5.41) is 8.26. The van der Waals surface area contributed by atoms with Crippen molar-refractivity contribution in [3.63, 3.8) is 0 Å². The van der Waals surface area contributed by atoms with E-state index >= 15 is 0 Å². The van der Waals surface area contributed by atoms with Crippen LogP contribution >= 0.6 is 0 Å². The van der Waals surface area contributed by atoms with E-state index in [-0.39, 0.29) is 11.5 Å². The third-order valence-electron chi connectivity index (χ3n) is 4.34. The highest BCUT2D eigenvalue weighted by molar-refractivity contribution is 5.91. The zero-order valence-electron chi connectivity index (χ0n) is 14.3. The second-order valence-corrected chi connectivity index (χ2v) is 6.18. The molecule has 25 heavy (non-hydrogen) atoms. The van der Waals surface area contributed by atoms with Gasteiger partial charge in [0.25, 0.3) is 5.56 Å². The first-order valence-corrected chi connectivity index (χ1v) is 8.05. The Hall–Kier alpha value is -3.09. The first-order valence-electron chi connectivity index (χ1n) is 8.05. The number of carbonyl (C=O) groups is 1. The van der Waals surface area contributed by atoms with E-state index in [2.05, 4.69) is 10.4 Å². The van der Waals surface area contributed by atoms with Crippen LogP contribution in [0.4, 0.5) is 5.69 Å². The number of hydrogen-bond acceptors (Lipinski definition) is 4. The predicted molar refractivity (Wildman–Crippen MR) is 97.3 cm³/mol. The van der Waals surface area contributed by atoms with Gasteiger partial charge in [0.1, 0.15) is 0 Å². The Kier molecular flexibility index (Phi) is 4.56. The molecule has 7 heteroatoms. The summed E-state index contributed by atoms with van der Waals surface area (Å²) in [4.78, 5) is 24.0. The summed E-state index contributed by atoms with van der Waals surface area (Å²) in [6.45, 7) is 0.349. The lowest BCUT2D eigenvalue weighted by Crippen LogP contribution is -2.31. The monoisotopic (exact) mass is 339 g/mol. The number of fused-ring (bicyclic) bond motifs is 1. The van der Waals surface area contributed by atoms with Gasteiger partial charge in [-0.25, -0.2) is 0 Å². The number of benzene rings is 1. The summed E-state index contributed by atoms with van der Waals surface area (Å²) in [6.07, 6.45) is 4.09. The molecule has 2 aromatic heterocycles. The average molecular weight is 339 g/mol. The Morgan fingerprint density at radius 3 is 2.76 bits per heavy atom. The Balaban J connectivity index is 1.84. The number of aryl methyl sites for hydroxylation is 2. The quantitative estimate of drug-likeness (QED) is 0.701. The summed E-state index contributed by atoms with van der Waals surface area (Å²) in [5.74, 6) is -0.781. The molecule has 2 heterocycles. The molecule has 1 amide bonds. The van der Waals surface area contributed by atoms with Gasteiger partial charge in [-0.2, -0.15) is 5.10 Å². The molecule has 3 N–H and O–H groups in total. The predicted octanol–water partition coefficient (Wildman–Crippen LogP) is 1.03. The normalized spacial score (nSPS) is 12.2. The lowest BCUT2D eigenvalue weighted by atomic mass is 10.0. The van der Waals surface area contributed by atoms with Gasteiger partial charge in [0.2, 0.25) is 5.91 Å². The summed E-state index contributed by atoms with van der Waals surface area (Å²) in [5.41, 5.74) is 7.93. The van der Waals surface area contributed by atoms with Gasteiger partial charge >= 0.3 is 0 Å². The van der Waals surface area contributed by atoms with E-state index in [4.69, 9.17) is 5.73 Å². The van der Waals surface area contributed by atoms with Gasteiger partial charge in [0, 0.05) is 44.0 Å². The highest BCUT2D eigenvalue weighted by Gasteiger charge is 2.17. The molecule has 3 rings (SSSR count). The van der Waals surface area contributed by atoms with Crippen LogP contribution in [0.5, 0.6) is 0 Å². The van der Waals surface area contributed by atoms with Crippen LogP contribution in [0.15, 0.2) is 47.5 Å². The number of nitrogens with two attached hydrogens (primary N) is 1. The molecule has 0 fully saturated rings. The minimum atomic E-state index is -0.396. The van der Waals surface area contributed by atoms with E-state index < -0.39 is 5.92 Å². The molecule has 130 valence electrons. The molecule has 1 unspecified atom stereocenters. The van der Waals surface area contributed by atoms with Crippen molar-refractivity contribution >= 4 is 22.5 Å². The number of nitrogens with one attached hydrogen (secondary N) is 1. The number of hydrogen-bond donors (Lipinski definition) is 2. The lowest BCUT2D eigenvalue weighted by Gasteiger charge is -2.16. The SMILES string of the molecule is Cn1cc(CC(CNc2cc(=O)n(C)c3ccccc23)C(N)=O)cn1. The van der Waals surface area contributed by atoms with Crippen LogP contribution in [0.2, 0.25) is 0 Å². The van der Waals surface area contributed by atoms with Crippen LogP contribution in [-0.4, -0.2) is 26.8 Å². The van der Waals surface area contributed by atoms with Gasteiger partial charge in [0.15, 0.2) is 0 Å². The Bertz CT molecular complexity index is 973. The van der Waals surface area contributed by atoms with Gasteiger partial charge in [-0.3, -0.25) is 14.3 Å². The first-order chi connectivity index (χ1) is 12.0. The zero-order chi connectivity index (χ0) is 18.0. The molecular weight excluding hydrogens is 318 g/mol. The molecule has 0 spiro atoms. The number of anilines is 1. The Morgan fingerprint density at radius 1 is 1.32 bits per heavy atom. The van der Waals surface area contributed by atoms with E-state index in [0.717, 1.165) is 16.5 Å². The van der Waals surface area contributed by atoms with E-state index in [0.29, 0.717) is 18.7 Å². The van der Waals surface area contributed by atoms with E-state index in [9.17, 15) is 9.59 Å². The molecule has 0 radical (unpaired) electrons. The molecule has 1 aromatic carbocycles. The lowest BCUT2D eigenvalue weighted by molar-refractivity contribution is -0.121. The molecule has 7 nitrogen and oxygen atoms in total. The number of primary amides is 1. The fourth-order valence-electron chi connectivity index (χ4n) is 2.93. The highest BCUT2D eigenvalue weighted by Crippen LogP contribution is 2.21. The Labute approximate surface area is 145 Å². The molecule has 3 aromatic rings. The maximum atomic E-state index is 12.1. The second-order valence-electron chi connectivity index (χ2n) is 6.18. The van der Waals surface area contributed by atoms with Crippen molar-refractivity contribution in [1.82, 2.24) is 14.3 Å². The average Bonchev–Trinajstić information content (AvgIpc) is 3.00. The minimum absolute atomic E-state index is 0.107. The summed E-state index contributed by atoms with van der Waals surface area (Å²) in [6, 6.07) is 9.18. The van der Waals surface area contributed by atoms with Gasteiger partial charge in [-0.15, -0.1) is 0 Å². The van der Waals surface area contributed by atoms with Crippen LogP contribution in [0.25, 0.3) is 10.9 Å². The molecule has 0 aliphatic heterocycles. The molecular formula is C18H21N5O2. The third-order valence-corrected chi connectivity index (χ3v) is 4.34. The van der Waals surface area contributed by atoms with Crippen LogP contribution in [-0.2, 0) is 25.3 Å². The summed E-state index contributed by atoms with van der Waals surface area (Å²) >= 11 is 0. The van der Waals surface area contributed by atoms with Crippen molar-refractivity contribution in [3.8, 4) is 0 Å². The van der Waals surface area contributed by atoms with Crippen molar-refractivity contribution in [1.29, 1.82) is 0 Å². The number of carbonyl (C=O) groups excluding carboxylic acids is 1. The minimum Gasteiger partial charge on any atom is -0.384 e. The summed E-state index contributed by atoms with van der Waals surface area (Å²) in [7, 11) is 3.57. The van der Waals surface area contributed by atoms with Crippen molar-refractivity contribution in [2.45, 2.75) is 6.42 Å². The van der Waals surface area contributed by atoms with Crippen LogP contribution < -0.4 is 16.6 Å². The number of rotatable bonds is 6. The van der Waals surface area contributed by atoms with Crippen molar-refractivity contribution < 1.29 is 4.79 Å². The third kappa shape index (κ3) is 3.55. The van der Waals surface area contributed by atoms with E-state index in [1.165, 1.54) is 0 Å². The topological polar surface area (TPSA) is 94.9 Å². The van der Waals surface area contributed by atoms with Crippen molar-refractivity contribution in [2.75, 3.05) is 11.9 Å². The van der Waals surface area contributed by atoms with Crippen molar-refractivity contribution in [2.24, 2.45) is 25.7 Å². The highest BCUT2D eigenvalue weighted by atomic mass is 16.1. The summed E-state index contributed by atoms with van der Waals surface area (Å²) < 4.78 is 3.29. The number of amides is 1. The van der Waals surface area contributed by atoms with Crippen LogP contribution in [0.3, 0.4) is 0 Å². The molecule has 0 aliphatic rings. The zero-order valence-corrected chi connectivity index (χ0v) is 14.3. The van der Waals surface area contributed by atoms with Gasteiger partial charge in [-0.05, 0) is 18.1 Å². The molecule has 0 aliphatic carbocycles. The Morgan fingerprint density at radius 2 is 2.08 bits per heavy atom. The number of para-hydroxylation sites is 1. The molecule has 0 saturated carbocycles.